The molecular formula is C24H19NO. The van der Waals surface area contributed by atoms with Crippen molar-refractivity contribution in [3.05, 3.63) is 93.1 Å². The van der Waals surface area contributed by atoms with Gasteiger partial charge in [-0.25, -0.2) is 0 Å². The highest BCUT2D eigenvalue weighted by Gasteiger charge is 2.09. The van der Waals surface area contributed by atoms with Crippen molar-refractivity contribution in [2.75, 3.05) is 0 Å². The second-order valence-electron chi connectivity index (χ2n) is 6.71. The molecular weight excluding hydrogens is 318 g/mol. The molecule has 0 aliphatic carbocycles. The lowest BCUT2D eigenvalue weighted by Crippen LogP contribution is -2.08. The third-order valence-corrected chi connectivity index (χ3v) is 4.75. The lowest BCUT2D eigenvalue weighted by Gasteiger charge is -2.09. The van der Waals surface area contributed by atoms with Crippen molar-refractivity contribution < 1.29 is 0 Å². The van der Waals surface area contributed by atoms with Crippen LogP contribution in [0.3, 0.4) is 0 Å². The quantitative estimate of drug-likeness (QED) is 0.329. The maximum absolute atomic E-state index is 12.8. The molecule has 0 saturated carbocycles. The Labute approximate surface area is 152 Å². The summed E-state index contributed by atoms with van der Waals surface area (Å²) in [5.74, 6) is 3.34. The van der Waals surface area contributed by atoms with Gasteiger partial charge >= 0.3 is 0 Å². The summed E-state index contributed by atoms with van der Waals surface area (Å²) in [7, 11) is 0. The number of rotatable bonds is 0. The topological polar surface area (TPSA) is 22.0 Å². The van der Waals surface area contributed by atoms with Crippen LogP contribution in [0.4, 0.5) is 0 Å². The molecule has 0 saturated heterocycles. The number of aromatic nitrogens is 1. The van der Waals surface area contributed by atoms with Crippen molar-refractivity contribution >= 4 is 21.8 Å². The van der Waals surface area contributed by atoms with Crippen LogP contribution >= 0.6 is 0 Å². The van der Waals surface area contributed by atoms with Gasteiger partial charge in [-0.3, -0.25) is 9.36 Å². The molecule has 4 aromatic rings. The summed E-state index contributed by atoms with van der Waals surface area (Å²) in [5.41, 5.74) is 6.36. The van der Waals surface area contributed by atoms with Crippen LogP contribution in [-0.4, -0.2) is 4.57 Å². The van der Waals surface area contributed by atoms with Gasteiger partial charge in [0.2, 0.25) is 0 Å². The van der Waals surface area contributed by atoms with Crippen molar-refractivity contribution in [1.82, 2.24) is 4.57 Å². The summed E-state index contributed by atoms with van der Waals surface area (Å²) < 4.78 is 1.94. The number of fused-ring (bicyclic) bond motifs is 2. The van der Waals surface area contributed by atoms with Crippen molar-refractivity contribution in [2.24, 2.45) is 0 Å². The Hall–Kier alpha value is -3.31. The molecule has 1 heterocycles. The fourth-order valence-electron chi connectivity index (χ4n) is 3.61. The van der Waals surface area contributed by atoms with Gasteiger partial charge in [0.25, 0.3) is 0 Å². The van der Waals surface area contributed by atoms with E-state index in [1.54, 1.807) is 0 Å². The lowest BCUT2D eigenvalue weighted by molar-refractivity contribution is 1.23. The summed E-state index contributed by atoms with van der Waals surface area (Å²) in [4.78, 5) is 12.8. The molecule has 0 amide bonds. The molecule has 0 unspecified atom stereocenters. The standard InChI is InChI=1S/C24H19NO/c1-16-14-17(2)19(18(3)15-16)12-13-25-22-10-6-4-8-20(22)24(26)21-9-5-7-11-23(21)25/h4-11,14-15H,1-3H3. The smallest absolute Gasteiger partial charge is 0.197 e. The van der Waals surface area contributed by atoms with Gasteiger partial charge in [-0.2, -0.15) is 0 Å². The zero-order valence-corrected chi connectivity index (χ0v) is 15.1. The van der Waals surface area contributed by atoms with E-state index in [0.29, 0.717) is 10.8 Å². The summed E-state index contributed by atoms with van der Waals surface area (Å²) >= 11 is 0. The van der Waals surface area contributed by atoms with Crippen molar-refractivity contribution in [3.63, 3.8) is 0 Å². The van der Waals surface area contributed by atoms with E-state index in [4.69, 9.17) is 0 Å². The Kier molecular flexibility index (Phi) is 3.86. The Morgan fingerprint density at radius 2 is 1.27 bits per heavy atom. The molecule has 0 radical (unpaired) electrons. The van der Waals surface area contributed by atoms with Gasteiger partial charge in [0.15, 0.2) is 5.43 Å². The minimum Gasteiger partial charge on any atom is -0.288 e. The Bertz CT molecular complexity index is 1200. The third kappa shape index (κ3) is 2.59. The van der Waals surface area contributed by atoms with Gasteiger partial charge in [-0.1, -0.05) is 42.0 Å². The molecule has 126 valence electrons. The second kappa shape index (κ2) is 6.20. The maximum atomic E-state index is 12.8. The largest absolute Gasteiger partial charge is 0.288 e. The number of nitrogens with zero attached hydrogens (tertiary/aromatic N) is 1. The molecule has 0 fully saturated rings. The molecule has 0 aliphatic heterocycles. The summed E-state index contributed by atoms with van der Waals surface area (Å²) in [6.45, 7) is 6.28. The fourth-order valence-corrected chi connectivity index (χ4v) is 3.61. The van der Waals surface area contributed by atoms with E-state index in [-0.39, 0.29) is 5.43 Å². The molecule has 0 N–H and O–H groups in total. The van der Waals surface area contributed by atoms with Crippen LogP contribution in [0, 0.1) is 32.7 Å². The molecule has 0 aliphatic rings. The zero-order valence-electron chi connectivity index (χ0n) is 15.1. The average molecular weight is 337 g/mol. The predicted molar refractivity (Wildman–Crippen MR) is 109 cm³/mol. The van der Waals surface area contributed by atoms with E-state index in [1.165, 1.54) is 16.7 Å². The molecule has 4 rings (SSSR count). The van der Waals surface area contributed by atoms with Crippen LogP contribution in [0.2, 0.25) is 0 Å². The lowest BCUT2D eigenvalue weighted by atomic mass is 10.0. The molecule has 0 spiro atoms. The third-order valence-electron chi connectivity index (χ3n) is 4.75. The van der Waals surface area contributed by atoms with E-state index in [0.717, 1.165) is 16.6 Å². The molecule has 0 bridgehead atoms. The summed E-state index contributed by atoms with van der Waals surface area (Å²) in [6, 6.07) is 22.9. The molecule has 3 aromatic carbocycles. The van der Waals surface area contributed by atoms with Gasteiger partial charge in [0.05, 0.1) is 11.0 Å². The van der Waals surface area contributed by atoms with Crippen LogP contribution in [0.25, 0.3) is 21.8 Å². The minimum absolute atomic E-state index is 0.0527. The van der Waals surface area contributed by atoms with E-state index >= 15 is 0 Å². The SMILES string of the molecule is Cc1cc(C)c(C#Cn2c3ccccc3c(=O)c3ccccc32)c(C)c1. The zero-order chi connectivity index (χ0) is 18.3. The Morgan fingerprint density at radius 1 is 0.769 bits per heavy atom. The fraction of sp³-hybridized carbons (Fsp3) is 0.125. The molecule has 2 nitrogen and oxygen atoms in total. The van der Waals surface area contributed by atoms with Gasteiger partial charge in [-0.05, 0) is 62.1 Å². The first-order valence-electron chi connectivity index (χ1n) is 8.68. The van der Waals surface area contributed by atoms with Crippen molar-refractivity contribution in [3.8, 4) is 12.0 Å². The van der Waals surface area contributed by atoms with Gasteiger partial charge in [-0.15, -0.1) is 0 Å². The first-order valence-corrected chi connectivity index (χ1v) is 8.68. The highest BCUT2D eigenvalue weighted by Crippen LogP contribution is 2.19. The number of hydrogen-bond donors (Lipinski definition) is 0. The molecule has 0 atom stereocenters. The van der Waals surface area contributed by atoms with Crippen LogP contribution < -0.4 is 5.43 Å². The monoisotopic (exact) mass is 337 g/mol. The first-order chi connectivity index (χ1) is 12.6. The molecule has 26 heavy (non-hydrogen) atoms. The summed E-state index contributed by atoms with van der Waals surface area (Å²) in [5, 5.41) is 1.38. The minimum atomic E-state index is 0.0527. The van der Waals surface area contributed by atoms with Gasteiger partial charge in [0.1, 0.15) is 0 Å². The summed E-state index contributed by atoms with van der Waals surface area (Å²) in [6.07, 6.45) is 0. The maximum Gasteiger partial charge on any atom is 0.197 e. The second-order valence-corrected chi connectivity index (χ2v) is 6.71. The van der Waals surface area contributed by atoms with Crippen molar-refractivity contribution in [1.29, 1.82) is 0 Å². The highest BCUT2D eigenvalue weighted by atomic mass is 16.1. The number of benzene rings is 3. The normalized spacial score (nSPS) is 10.7. The van der Waals surface area contributed by atoms with E-state index in [2.05, 4.69) is 44.9 Å². The van der Waals surface area contributed by atoms with Crippen LogP contribution in [-0.2, 0) is 0 Å². The number of para-hydroxylation sites is 2. The van der Waals surface area contributed by atoms with E-state index < -0.39 is 0 Å². The number of hydrogen-bond acceptors (Lipinski definition) is 1. The average Bonchev–Trinajstić information content (AvgIpc) is 2.63. The Balaban J connectivity index is 2.07. The van der Waals surface area contributed by atoms with E-state index in [9.17, 15) is 4.79 Å². The number of pyridine rings is 1. The molecule has 2 heteroatoms. The van der Waals surface area contributed by atoms with Gasteiger partial charge in [0, 0.05) is 22.4 Å². The first kappa shape index (κ1) is 16.2. The van der Waals surface area contributed by atoms with Crippen molar-refractivity contribution in [2.45, 2.75) is 20.8 Å². The van der Waals surface area contributed by atoms with Gasteiger partial charge < -0.3 is 0 Å². The number of aryl methyl sites for hydroxylation is 3. The predicted octanol–water partition coefficient (Wildman–Crippen LogP) is 4.94. The van der Waals surface area contributed by atoms with E-state index in [1.807, 2.05) is 53.1 Å². The molecule has 1 aromatic heterocycles. The Morgan fingerprint density at radius 3 is 1.81 bits per heavy atom. The van der Waals surface area contributed by atoms with Crippen LogP contribution in [0.1, 0.15) is 22.3 Å². The van der Waals surface area contributed by atoms with Crippen LogP contribution in [0.15, 0.2) is 65.5 Å². The van der Waals surface area contributed by atoms with Crippen LogP contribution in [0.5, 0.6) is 0 Å². The highest BCUT2D eigenvalue weighted by molar-refractivity contribution is 5.94.